The molecule has 162 valence electrons. The molecule has 4 fully saturated rings. The molecule has 28 heavy (non-hydrogen) atoms. The Morgan fingerprint density at radius 1 is 0.821 bits per heavy atom. The van der Waals surface area contributed by atoms with Crippen molar-refractivity contribution in [3.8, 4) is 0 Å². The molecule has 1 nitrogen and oxygen atoms in total. The zero-order valence-electron chi connectivity index (χ0n) is 19.6. The first kappa shape index (κ1) is 21.2. The van der Waals surface area contributed by atoms with E-state index in [1.165, 1.54) is 64.2 Å². The highest BCUT2D eigenvalue weighted by atomic mass is 16.3. The van der Waals surface area contributed by atoms with E-state index in [1.807, 2.05) is 0 Å². The lowest BCUT2D eigenvalue weighted by atomic mass is 9.44. The van der Waals surface area contributed by atoms with Crippen LogP contribution in [0.4, 0.5) is 0 Å². The Labute approximate surface area is 175 Å². The molecule has 0 spiro atoms. The molecule has 0 aromatic rings. The molecule has 1 N–H and O–H groups in total. The second-order valence-electron chi connectivity index (χ2n) is 12.6. The van der Waals surface area contributed by atoms with Gasteiger partial charge < -0.3 is 5.11 Å². The molecule has 4 saturated carbocycles. The Hall–Kier alpha value is -0.0400. The van der Waals surface area contributed by atoms with Gasteiger partial charge in [-0.2, -0.15) is 0 Å². The molecular weight excluding hydrogens is 340 g/mol. The highest BCUT2D eigenvalue weighted by molar-refractivity contribution is 5.09. The zero-order chi connectivity index (χ0) is 20.1. The van der Waals surface area contributed by atoms with Gasteiger partial charge in [0.15, 0.2) is 0 Å². The zero-order valence-corrected chi connectivity index (χ0v) is 19.6. The number of fused-ring (bicyclic) bond motifs is 5. The largest absolute Gasteiger partial charge is 0.393 e. The van der Waals surface area contributed by atoms with Crippen molar-refractivity contribution in [3.05, 3.63) is 0 Å². The van der Waals surface area contributed by atoms with E-state index in [2.05, 4.69) is 34.6 Å². The molecule has 0 radical (unpaired) electrons. The fraction of sp³-hybridized carbons (Fsp3) is 1.00. The quantitative estimate of drug-likeness (QED) is 0.518. The normalized spacial score (nSPS) is 49.4. The van der Waals surface area contributed by atoms with Gasteiger partial charge in [-0.05, 0) is 110 Å². The van der Waals surface area contributed by atoms with E-state index in [4.69, 9.17) is 0 Å². The fourth-order valence-corrected chi connectivity index (χ4v) is 9.26. The van der Waals surface area contributed by atoms with Crippen LogP contribution in [0.2, 0.25) is 0 Å². The molecule has 4 rings (SSSR count). The fourth-order valence-electron chi connectivity index (χ4n) is 9.26. The summed E-state index contributed by atoms with van der Waals surface area (Å²) in [5, 5.41) is 10.3. The van der Waals surface area contributed by atoms with E-state index >= 15 is 0 Å². The second-order valence-corrected chi connectivity index (χ2v) is 12.6. The van der Waals surface area contributed by atoms with E-state index in [-0.39, 0.29) is 6.10 Å². The predicted molar refractivity (Wildman–Crippen MR) is 119 cm³/mol. The van der Waals surface area contributed by atoms with E-state index in [0.717, 1.165) is 54.3 Å². The van der Waals surface area contributed by atoms with Crippen LogP contribution in [0, 0.1) is 52.3 Å². The Morgan fingerprint density at radius 3 is 2.29 bits per heavy atom. The molecule has 5 unspecified atom stereocenters. The van der Waals surface area contributed by atoms with Crippen LogP contribution in [0.5, 0.6) is 0 Å². The number of aliphatic hydroxyl groups excluding tert-OH is 1. The highest BCUT2D eigenvalue weighted by Crippen LogP contribution is 2.68. The minimum absolute atomic E-state index is 0.00830. The van der Waals surface area contributed by atoms with Crippen LogP contribution in [0.25, 0.3) is 0 Å². The van der Waals surface area contributed by atoms with Crippen molar-refractivity contribution in [3.63, 3.8) is 0 Å². The maximum atomic E-state index is 10.3. The van der Waals surface area contributed by atoms with Gasteiger partial charge in [0, 0.05) is 0 Å². The molecule has 9 atom stereocenters. The Balaban J connectivity index is 1.46. The smallest absolute Gasteiger partial charge is 0.0543 e. The van der Waals surface area contributed by atoms with Gasteiger partial charge in [0.2, 0.25) is 0 Å². The maximum absolute atomic E-state index is 10.3. The minimum Gasteiger partial charge on any atom is -0.393 e. The summed E-state index contributed by atoms with van der Waals surface area (Å²) in [5.74, 6) is 6.49. The lowest BCUT2D eigenvalue weighted by molar-refractivity contribution is -0.129. The molecule has 1 heteroatoms. The monoisotopic (exact) mass is 388 g/mol. The molecule has 0 aliphatic heterocycles. The molecule has 0 bridgehead atoms. The predicted octanol–water partition coefficient (Wildman–Crippen LogP) is 7.47. The Morgan fingerprint density at radius 2 is 1.54 bits per heavy atom. The number of hydrogen-bond donors (Lipinski definition) is 1. The Bertz CT molecular complexity index is 540. The molecule has 0 aromatic carbocycles. The van der Waals surface area contributed by atoms with Crippen molar-refractivity contribution in [2.45, 2.75) is 118 Å². The van der Waals surface area contributed by atoms with Gasteiger partial charge in [-0.1, -0.05) is 53.9 Å². The van der Waals surface area contributed by atoms with Crippen molar-refractivity contribution >= 4 is 0 Å². The summed E-state index contributed by atoms with van der Waals surface area (Å²) in [6, 6.07) is 0. The van der Waals surface area contributed by atoms with Crippen molar-refractivity contribution in [1.82, 2.24) is 0 Å². The summed E-state index contributed by atoms with van der Waals surface area (Å²) in [6.07, 6.45) is 16.6. The van der Waals surface area contributed by atoms with Crippen LogP contribution in [0.15, 0.2) is 0 Å². The average Bonchev–Trinajstić information content (AvgIpc) is 2.99. The van der Waals surface area contributed by atoms with Crippen molar-refractivity contribution in [1.29, 1.82) is 0 Å². The summed E-state index contributed by atoms with van der Waals surface area (Å²) >= 11 is 0. The lowest BCUT2D eigenvalue weighted by Crippen LogP contribution is -2.54. The average molecular weight is 389 g/mol. The number of aliphatic hydroxyl groups is 1. The molecule has 0 heterocycles. The topological polar surface area (TPSA) is 20.2 Å². The first-order valence-corrected chi connectivity index (χ1v) is 12.9. The molecule has 4 aliphatic rings. The summed E-state index contributed by atoms with van der Waals surface area (Å²) < 4.78 is 0. The lowest BCUT2D eigenvalue weighted by Gasteiger charge is -2.61. The molecular formula is C27H48O. The second kappa shape index (κ2) is 7.90. The SMILES string of the molecule is CC(C)CCCC(C)C1CCC2C3CC[C@H]4C[C@H](O)CC[C@]4(C)C3CC[C@]12C. The third-order valence-corrected chi connectivity index (χ3v) is 10.8. The minimum atomic E-state index is -0.00830. The van der Waals surface area contributed by atoms with E-state index in [0.29, 0.717) is 10.8 Å². The van der Waals surface area contributed by atoms with Gasteiger partial charge >= 0.3 is 0 Å². The van der Waals surface area contributed by atoms with Crippen LogP contribution in [-0.4, -0.2) is 11.2 Å². The first-order valence-electron chi connectivity index (χ1n) is 12.9. The first-order chi connectivity index (χ1) is 13.3. The molecule has 0 amide bonds. The van der Waals surface area contributed by atoms with E-state index < -0.39 is 0 Å². The molecule has 4 aliphatic carbocycles. The summed E-state index contributed by atoms with van der Waals surface area (Å²) in [7, 11) is 0. The summed E-state index contributed by atoms with van der Waals surface area (Å²) in [6.45, 7) is 12.7. The van der Waals surface area contributed by atoms with Crippen molar-refractivity contribution < 1.29 is 5.11 Å². The number of rotatable bonds is 5. The van der Waals surface area contributed by atoms with Crippen LogP contribution >= 0.6 is 0 Å². The highest BCUT2D eigenvalue weighted by Gasteiger charge is 2.60. The Kier molecular flexibility index (Phi) is 5.98. The summed E-state index contributed by atoms with van der Waals surface area (Å²) in [5.41, 5.74) is 1.15. The van der Waals surface area contributed by atoms with Crippen LogP contribution in [0.1, 0.15) is 112 Å². The summed E-state index contributed by atoms with van der Waals surface area (Å²) in [4.78, 5) is 0. The van der Waals surface area contributed by atoms with Crippen LogP contribution in [0.3, 0.4) is 0 Å². The van der Waals surface area contributed by atoms with Gasteiger partial charge in [-0.25, -0.2) is 0 Å². The van der Waals surface area contributed by atoms with Gasteiger partial charge in [0.1, 0.15) is 0 Å². The third-order valence-electron chi connectivity index (χ3n) is 10.8. The maximum Gasteiger partial charge on any atom is 0.0543 e. The van der Waals surface area contributed by atoms with Crippen LogP contribution < -0.4 is 0 Å². The molecule has 0 aromatic heterocycles. The van der Waals surface area contributed by atoms with Crippen LogP contribution in [-0.2, 0) is 0 Å². The third kappa shape index (κ3) is 3.50. The van der Waals surface area contributed by atoms with E-state index in [9.17, 15) is 5.11 Å². The van der Waals surface area contributed by atoms with E-state index in [1.54, 1.807) is 0 Å². The van der Waals surface area contributed by atoms with Crippen molar-refractivity contribution in [2.75, 3.05) is 0 Å². The molecule has 0 saturated heterocycles. The van der Waals surface area contributed by atoms with Crippen molar-refractivity contribution in [2.24, 2.45) is 52.3 Å². The standard InChI is InChI=1S/C27H48O/c1-18(2)7-6-8-19(3)23-11-12-24-22-10-9-20-17-21(28)13-15-26(20,4)25(22)14-16-27(23,24)5/h18-25,28H,6-17H2,1-5H3/t19?,20-,21+,22?,23?,24?,25?,26-,27+/m0/s1. The van der Waals surface area contributed by atoms with Gasteiger partial charge in [-0.3, -0.25) is 0 Å². The van der Waals surface area contributed by atoms with Gasteiger partial charge in [0.05, 0.1) is 6.10 Å². The van der Waals surface area contributed by atoms with Gasteiger partial charge in [-0.15, -0.1) is 0 Å². The number of hydrogen-bond acceptors (Lipinski definition) is 1. The van der Waals surface area contributed by atoms with Gasteiger partial charge in [0.25, 0.3) is 0 Å².